The average molecular weight is 402 g/mol. The van der Waals surface area contributed by atoms with Gasteiger partial charge in [-0.05, 0) is 59.6 Å². The van der Waals surface area contributed by atoms with Crippen LogP contribution in [0.1, 0.15) is 18.1 Å². The molecule has 2 rings (SSSR count). The van der Waals surface area contributed by atoms with E-state index in [9.17, 15) is 18.0 Å². The zero-order valence-electron chi connectivity index (χ0n) is 12.9. The number of hydrogen-bond acceptors (Lipinski definition) is 2. The quantitative estimate of drug-likeness (QED) is 0.765. The van der Waals surface area contributed by atoms with Crippen LogP contribution in [0.2, 0.25) is 0 Å². The Morgan fingerprint density at radius 2 is 1.88 bits per heavy atom. The number of carbonyl (C=O) groups excluding carboxylic acids is 1. The zero-order chi connectivity index (χ0) is 17.9. The van der Waals surface area contributed by atoms with Crippen LogP contribution in [-0.4, -0.2) is 12.0 Å². The van der Waals surface area contributed by atoms with Gasteiger partial charge in [-0.1, -0.05) is 18.2 Å². The van der Waals surface area contributed by atoms with Crippen molar-refractivity contribution in [1.82, 2.24) is 0 Å². The first-order valence-electron chi connectivity index (χ1n) is 7.08. The third-order valence-corrected chi connectivity index (χ3v) is 3.87. The Bertz CT molecular complexity index is 747. The van der Waals surface area contributed by atoms with Crippen LogP contribution in [0.5, 0.6) is 5.75 Å². The lowest BCUT2D eigenvalue weighted by atomic mass is 10.1. The molecule has 0 heterocycles. The fraction of sp³-hybridized carbons (Fsp3) is 0.235. The van der Waals surface area contributed by atoms with E-state index in [4.69, 9.17) is 4.74 Å². The van der Waals surface area contributed by atoms with E-state index in [1.807, 2.05) is 19.1 Å². The van der Waals surface area contributed by atoms with Crippen molar-refractivity contribution in [2.75, 3.05) is 5.32 Å². The molecule has 0 fully saturated rings. The summed E-state index contributed by atoms with van der Waals surface area (Å²) in [6.07, 6.45) is -5.51. The van der Waals surface area contributed by atoms with Gasteiger partial charge in [0.15, 0.2) is 6.10 Å². The number of nitrogens with one attached hydrogen (secondary N) is 1. The molecule has 7 heteroatoms. The van der Waals surface area contributed by atoms with E-state index in [1.165, 1.54) is 25.1 Å². The fourth-order valence-electron chi connectivity index (χ4n) is 2.02. The normalized spacial score (nSPS) is 12.6. The molecule has 0 saturated carbocycles. The van der Waals surface area contributed by atoms with E-state index in [0.29, 0.717) is 10.2 Å². The van der Waals surface area contributed by atoms with Gasteiger partial charge in [0.2, 0.25) is 0 Å². The molecule has 1 amide bonds. The van der Waals surface area contributed by atoms with Crippen LogP contribution in [0.4, 0.5) is 18.9 Å². The molecule has 0 spiro atoms. The number of carbonyl (C=O) groups is 1. The highest BCUT2D eigenvalue weighted by molar-refractivity contribution is 9.10. The van der Waals surface area contributed by atoms with Gasteiger partial charge >= 0.3 is 6.18 Å². The van der Waals surface area contributed by atoms with Crippen molar-refractivity contribution in [1.29, 1.82) is 0 Å². The lowest BCUT2D eigenvalue weighted by Gasteiger charge is -2.18. The number of aryl methyl sites for hydroxylation is 1. The van der Waals surface area contributed by atoms with E-state index in [-0.39, 0.29) is 5.69 Å². The van der Waals surface area contributed by atoms with Crippen LogP contribution in [-0.2, 0) is 11.0 Å². The summed E-state index contributed by atoms with van der Waals surface area (Å²) in [6, 6.07) is 10.1. The van der Waals surface area contributed by atoms with Gasteiger partial charge in [0.05, 0.1) is 15.7 Å². The van der Waals surface area contributed by atoms with Gasteiger partial charge in [0.25, 0.3) is 5.91 Å². The third-order valence-electron chi connectivity index (χ3n) is 3.25. The number of halogens is 4. The average Bonchev–Trinajstić information content (AvgIpc) is 2.49. The SMILES string of the molecule is Cc1ccc(OC(C)C(=O)Nc2ccccc2C(F)(F)F)c(Br)c1. The number of rotatable bonds is 4. The van der Waals surface area contributed by atoms with Crippen molar-refractivity contribution >= 4 is 27.5 Å². The minimum atomic E-state index is -4.55. The molecule has 128 valence electrons. The summed E-state index contributed by atoms with van der Waals surface area (Å²) in [7, 11) is 0. The molecule has 1 atom stereocenters. The maximum atomic E-state index is 12.9. The minimum absolute atomic E-state index is 0.298. The van der Waals surface area contributed by atoms with Gasteiger partial charge in [0.1, 0.15) is 5.75 Å². The van der Waals surface area contributed by atoms with Crippen molar-refractivity contribution in [3.05, 3.63) is 58.1 Å². The van der Waals surface area contributed by atoms with Crippen LogP contribution in [0, 0.1) is 6.92 Å². The van der Waals surface area contributed by atoms with Crippen LogP contribution in [0.15, 0.2) is 46.9 Å². The minimum Gasteiger partial charge on any atom is -0.480 e. The second-order valence-corrected chi connectivity index (χ2v) is 6.08. The first kappa shape index (κ1) is 18.3. The molecule has 0 bridgehead atoms. The monoisotopic (exact) mass is 401 g/mol. The number of benzene rings is 2. The largest absolute Gasteiger partial charge is 0.480 e. The smallest absolute Gasteiger partial charge is 0.418 e. The van der Waals surface area contributed by atoms with E-state index in [0.717, 1.165) is 11.6 Å². The summed E-state index contributed by atoms with van der Waals surface area (Å²) < 4.78 is 45.0. The number of ether oxygens (including phenoxy) is 1. The molecule has 1 unspecified atom stereocenters. The molecule has 1 N–H and O–H groups in total. The summed E-state index contributed by atoms with van der Waals surface area (Å²) in [5, 5.41) is 2.27. The lowest BCUT2D eigenvalue weighted by Crippen LogP contribution is -2.31. The van der Waals surface area contributed by atoms with Gasteiger partial charge in [0, 0.05) is 0 Å². The molecule has 24 heavy (non-hydrogen) atoms. The molecule has 0 saturated heterocycles. The Morgan fingerprint density at radius 3 is 2.50 bits per heavy atom. The van der Waals surface area contributed by atoms with E-state index in [1.54, 1.807) is 6.07 Å². The first-order valence-corrected chi connectivity index (χ1v) is 7.87. The standard InChI is InChI=1S/C17H15BrF3NO2/c1-10-7-8-15(13(18)9-10)24-11(2)16(23)22-14-6-4-3-5-12(14)17(19,20)21/h3-9,11H,1-2H3,(H,22,23). The number of para-hydroxylation sites is 1. The first-order chi connectivity index (χ1) is 11.2. The molecular weight excluding hydrogens is 387 g/mol. The third kappa shape index (κ3) is 4.50. The van der Waals surface area contributed by atoms with Crippen LogP contribution in [0.25, 0.3) is 0 Å². The summed E-state index contributed by atoms with van der Waals surface area (Å²) >= 11 is 3.32. The molecule has 0 aromatic heterocycles. The summed E-state index contributed by atoms with van der Waals surface area (Å²) in [6.45, 7) is 3.37. The molecule has 3 nitrogen and oxygen atoms in total. The fourth-order valence-corrected chi connectivity index (χ4v) is 2.61. The van der Waals surface area contributed by atoms with Crippen molar-refractivity contribution in [2.45, 2.75) is 26.1 Å². The van der Waals surface area contributed by atoms with Gasteiger partial charge in [-0.15, -0.1) is 0 Å². The van der Waals surface area contributed by atoms with E-state index >= 15 is 0 Å². The summed E-state index contributed by atoms with van der Waals surface area (Å²) in [5.41, 5.74) is -0.194. The highest BCUT2D eigenvalue weighted by Crippen LogP contribution is 2.34. The summed E-state index contributed by atoms with van der Waals surface area (Å²) in [4.78, 5) is 12.2. The predicted octanol–water partition coefficient (Wildman–Crippen LogP) is 5.18. The maximum absolute atomic E-state index is 12.9. The highest BCUT2D eigenvalue weighted by atomic mass is 79.9. The lowest BCUT2D eigenvalue weighted by molar-refractivity contribution is -0.137. The molecule has 2 aromatic rings. The topological polar surface area (TPSA) is 38.3 Å². The molecule has 0 aliphatic rings. The summed E-state index contributed by atoms with van der Waals surface area (Å²) in [5.74, 6) is -0.230. The van der Waals surface area contributed by atoms with Gasteiger partial charge < -0.3 is 10.1 Å². The Balaban J connectivity index is 2.13. The van der Waals surface area contributed by atoms with Crippen molar-refractivity contribution in [3.8, 4) is 5.75 Å². The van der Waals surface area contributed by atoms with Crippen LogP contribution in [0.3, 0.4) is 0 Å². The molecule has 0 radical (unpaired) electrons. The predicted molar refractivity (Wildman–Crippen MR) is 89.0 cm³/mol. The van der Waals surface area contributed by atoms with Gasteiger partial charge in [-0.25, -0.2) is 0 Å². The number of alkyl halides is 3. The maximum Gasteiger partial charge on any atom is 0.418 e. The van der Waals surface area contributed by atoms with Crippen molar-refractivity contribution in [2.24, 2.45) is 0 Å². The van der Waals surface area contributed by atoms with Crippen LogP contribution < -0.4 is 10.1 Å². The van der Waals surface area contributed by atoms with Crippen molar-refractivity contribution in [3.63, 3.8) is 0 Å². The van der Waals surface area contributed by atoms with Crippen LogP contribution >= 0.6 is 15.9 Å². The van der Waals surface area contributed by atoms with Gasteiger partial charge in [-0.2, -0.15) is 13.2 Å². The number of hydrogen-bond donors (Lipinski definition) is 1. The second-order valence-electron chi connectivity index (χ2n) is 5.23. The van der Waals surface area contributed by atoms with Crippen molar-refractivity contribution < 1.29 is 22.7 Å². The Morgan fingerprint density at radius 1 is 1.21 bits per heavy atom. The van der Waals surface area contributed by atoms with E-state index < -0.39 is 23.8 Å². The highest BCUT2D eigenvalue weighted by Gasteiger charge is 2.34. The Kier molecular flexibility index (Phi) is 5.54. The second kappa shape index (κ2) is 7.25. The molecular formula is C17H15BrF3NO2. The molecule has 0 aliphatic heterocycles. The Labute approximate surface area is 146 Å². The Hall–Kier alpha value is -2.02. The zero-order valence-corrected chi connectivity index (χ0v) is 14.5. The van der Waals surface area contributed by atoms with E-state index in [2.05, 4.69) is 21.2 Å². The number of amides is 1. The molecule has 0 aliphatic carbocycles. The molecule has 2 aromatic carbocycles. The number of anilines is 1. The van der Waals surface area contributed by atoms with Gasteiger partial charge in [-0.3, -0.25) is 4.79 Å².